The number of aliphatic carboxylic acids is 1. The van der Waals surface area contributed by atoms with Gasteiger partial charge in [0.15, 0.2) is 0 Å². The molecule has 0 aliphatic heterocycles. The van der Waals surface area contributed by atoms with Crippen molar-refractivity contribution in [1.82, 2.24) is 0 Å². The van der Waals surface area contributed by atoms with E-state index in [1.54, 1.807) is 24.3 Å². The van der Waals surface area contributed by atoms with Gasteiger partial charge in [-0.2, -0.15) is 0 Å². The van der Waals surface area contributed by atoms with Gasteiger partial charge in [-0.1, -0.05) is 44.2 Å². The fourth-order valence-electron chi connectivity index (χ4n) is 1.56. The van der Waals surface area contributed by atoms with E-state index in [1.165, 1.54) is 0 Å². The Labute approximate surface area is 129 Å². The number of carboxylic acid groups (broad SMARTS) is 1. The van der Waals surface area contributed by atoms with Crippen molar-refractivity contribution in [3.05, 3.63) is 60.2 Å². The van der Waals surface area contributed by atoms with Crippen LogP contribution in [0.4, 0.5) is 5.69 Å². The van der Waals surface area contributed by atoms with Gasteiger partial charge in [0.05, 0.1) is 0 Å². The first-order valence-corrected chi connectivity index (χ1v) is 6.96. The lowest BCUT2D eigenvalue weighted by Gasteiger charge is -2.07. The number of amides is 1. The molecule has 0 fully saturated rings. The predicted octanol–water partition coefficient (Wildman–Crippen LogP) is 3.31. The monoisotopic (exact) mass is 301 g/mol. The van der Waals surface area contributed by atoms with Gasteiger partial charge in [-0.3, -0.25) is 4.79 Å². The summed E-state index contributed by atoms with van der Waals surface area (Å²) in [6.45, 7) is 4.45. The summed E-state index contributed by atoms with van der Waals surface area (Å²) in [5.74, 6) is -1.94. The van der Waals surface area contributed by atoms with Crippen LogP contribution in [0.5, 0.6) is 5.75 Å². The van der Waals surface area contributed by atoms with Crippen LogP contribution < -0.4 is 10.1 Å². The minimum atomic E-state index is -1.52. The number of hydrogen-bond acceptors (Lipinski definition) is 3. The Morgan fingerprint density at radius 3 is 2.14 bits per heavy atom. The molecular weight excluding hydrogens is 282 g/mol. The van der Waals surface area contributed by atoms with E-state index in [-0.39, 0.29) is 0 Å². The van der Waals surface area contributed by atoms with Crippen LogP contribution in [-0.4, -0.2) is 17.0 Å². The van der Waals surface area contributed by atoms with Gasteiger partial charge in [0.1, 0.15) is 12.4 Å². The minimum absolute atomic E-state index is 0.407. The van der Waals surface area contributed by atoms with E-state index in [1.807, 2.05) is 44.2 Å². The zero-order valence-corrected chi connectivity index (χ0v) is 12.6. The van der Waals surface area contributed by atoms with Crippen LogP contribution in [0, 0.1) is 0 Å². The minimum Gasteiger partial charge on any atom is -0.489 e. The van der Waals surface area contributed by atoms with Gasteiger partial charge in [-0.05, 0) is 29.8 Å². The van der Waals surface area contributed by atoms with Crippen molar-refractivity contribution in [2.45, 2.75) is 20.5 Å². The summed E-state index contributed by atoms with van der Waals surface area (Å²) in [5, 5.41) is 10.7. The van der Waals surface area contributed by atoms with Gasteiger partial charge >= 0.3 is 11.9 Å². The van der Waals surface area contributed by atoms with E-state index in [2.05, 4.69) is 5.32 Å². The summed E-state index contributed by atoms with van der Waals surface area (Å²) in [6, 6.07) is 16.2. The number of hydrogen-bond donors (Lipinski definition) is 2. The largest absolute Gasteiger partial charge is 0.489 e. The van der Waals surface area contributed by atoms with Gasteiger partial charge in [-0.25, -0.2) is 4.79 Å². The maximum atomic E-state index is 11.0. The average molecular weight is 301 g/mol. The first-order valence-electron chi connectivity index (χ1n) is 6.96. The van der Waals surface area contributed by atoms with E-state index < -0.39 is 11.9 Å². The van der Waals surface area contributed by atoms with E-state index in [0.717, 1.165) is 5.56 Å². The Morgan fingerprint density at radius 2 is 1.59 bits per heavy atom. The molecule has 0 spiro atoms. The van der Waals surface area contributed by atoms with E-state index in [9.17, 15) is 9.59 Å². The molecule has 0 saturated carbocycles. The molecule has 2 rings (SSSR count). The molecule has 22 heavy (non-hydrogen) atoms. The quantitative estimate of drug-likeness (QED) is 0.849. The van der Waals surface area contributed by atoms with Crippen molar-refractivity contribution in [3.8, 4) is 5.75 Å². The van der Waals surface area contributed by atoms with Crippen LogP contribution >= 0.6 is 0 Å². The highest BCUT2D eigenvalue weighted by atomic mass is 16.5. The summed E-state index contributed by atoms with van der Waals surface area (Å²) in [5.41, 5.74) is 1.46. The van der Waals surface area contributed by atoms with Crippen LogP contribution in [-0.2, 0) is 16.2 Å². The third-order valence-corrected chi connectivity index (χ3v) is 2.55. The molecule has 2 N–H and O–H groups in total. The molecule has 0 heterocycles. The first kappa shape index (κ1) is 17.2. The fraction of sp³-hybridized carbons (Fsp3) is 0.176. The summed E-state index contributed by atoms with van der Waals surface area (Å²) < 4.78 is 5.57. The molecular formula is C17H19NO4. The maximum Gasteiger partial charge on any atom is 0.394 e. The molecule has 116 valence electrons. The van der Waals surface area contributed by atoms with Crippen molar-refractivity contribution in [3.63, 3.8) is 0 Å². The van der Waals surface area contributed by atoms with E-state index >= 15 is 0 Å². The lowest BCUT2D eigenvalue weighted by Crippen LogP contribution is -2.21. The van der Waals surface area contributed by atoms with Crippen LogP contribution in [0.2, 0.25) is 0 Å². The predicted molar refractivity (Wildman–Crippen MR) is 84.8 cm³/mol. The van der Waals surface area contributed by atoms with Crippen molar-refractivity contribution in [2.75, 3.05) is 5.32 Å². The highest BCUT2D eigenvalue weighted by Crippen LogP contribution is 2.17. The second kappa shape index (κ2) is 9.18. The molecule has 1 amide bonds. The maximum absolute atomic E-state index is 11.0. The molecule has 0 radical (unpaired) electrons. The molecule has 0 aromatic heterocycles. The zero-order valence-electron chi connectivity index (χ0n) is 12.6. The average Bonchev–Trinajstić information content (AvgIpc) is 2.57. The van der Waals surface area contributed by atoms with Crippen molar-refractivity contribution in [2.24, 2.45) is 0 Å². The van der Waals surface area contributed by atoms with Crippen molar-refractivity contribution >= 4 is 17.6 Å². The Morgan fingerprint density at radius 1 is 1.00 bits per heavy atom. The molecule has 0 saturated heterocycles. The normalized spacial score (nSPS) is 9.18. The highest BCUT2D eigenvalue weighted by Gasteiger charge is 2.10. The molecule has 0 bridgehead atoms. The van der Waals surface area contributed by atoms with E-state index in [0.29, 0.717) is 18.0 Å². The Bertz CT molecular complexity index is 594. The number of nitrogens with one attached hydrogen (secondary N) is 1. The van der Waals surface area contributed by atoms with Gasteiger partial charge in [0, 0.05) is 5.69 Å². The van der Waals surface area contributed by atoms with Crippen molar-refractivity contribution in [1.29, 1.82) is 0 Å². The SMILES string of the molecule is CC.O=C(O)C(=O)Nc1ccc(OCc2ccccc2)cc1. The topological polar surface area (TPSA) is 75.6 Å². The number of ether oxygens (including phenoxy) is 1. The van der Waals surface area contributed by atoms with Gasteiger partial charge in [0.2, 0.25) is 0 Å². The number of anilines is 1. The number of rotatable bonds is 4. The second-order valence-corrected chi connectivity index (χ2v) is 4.06. The third-order valence-electron chi connectivity index (χ3n) is 2.55. The molecule has 5 heteroatoms. The summed E-state index contributed by atoms with van der Waals surface area (Å²) in [6.07, 6.45) is 0. The molecule has 2 aromatic carbocycles. The molecule has 0 unspecified atom stereocenters. The zero-order chi connectivity index (χ0) is 16.4. The highest BCUT2D eigenvalue weighted by molar-refractivity contribution is 6.36. The standard InChI is InChI=1S/C15H13NO4.C2H6/c17-14(15(18)19)16-12-6-8-13(9-7-12)20-10-11-4-2-1-3-5-11;1-2/h1-9H,10H2,(H,16,17)(H,18,19);1-2H3. The fourth-order valence-corrected chi connectivity index (χ4v) is 1.56. The summed E-state index contributed by atoms with van der Waals surface area (Å²) >= 11 is 0. The lowest BCUT2D eigenvalue weighted by molar-refractivity contribution is -0.147. The Balaban J connectivity index is 0.00000116. The molecule has 5 nitrogen and oxygen atoms in total. The van der Waals surface area contributed by atoms with Crippen LogP contribution in [0.15, 0.2) is 54.6 Å². The van der Waals surface area contributed by atoms with Crippen LogP contribution in [0.3, 0.4) is 0 Å². The molecule has 2 aromatic rings. The summed E-state index contributed by atoms with van der Waals surface area (Å²) in [4.78, 5) is 21.4. The van der Waals surface area contributed by atoms with Gasteiger partial charge in [0.25, 0.3) is 0 Å². The molecule has 0 atom stereocenters. The number of carbonyl (C=O) groups is 2. The van der Waals surface area contributed by atoms with E-state index in [4.69, 9.17) is 9.84 Å². The van der Waals surface area contributed by atoms with Crippen LogP contribution in [0.25, 0.3) is 0 Å². The molecule has 0 aliphatic carbocycles. The number of carbonyl (C=O) groups excluding carboxylic acids is 1. The van der Waals surface area contributed by atoms with Gasteiger partial charge < -0.3 is 15.2 Å². The van der Waals surface area contributed by atoms with Crippen molar-refractivity contribution < 1.29 is 19.4 Å². The summed E-state index contributed by atoms with van der Waals surface area (Å²) in [7, 11) is 0. The third kappa shape index (κ3) is 5.66. The number of benzene rings is 2. The van der Waals surface area contributed by atoms with Crippen LogP contribution in [0.1, 0.15) is 19.4 Å². The smallest absolute Gasteiger partial charge is 0.394 e. The molecule has 0 aliphatic rings. The van der Waals surface area contributed by atoms with Gasteiger partial charge in [-0.15, -0.1) is 0 Å². The first-order chi connectivity index (χ1) is 10.6. The Kier molecular flexibility index (Phi) is 7.19. The number of carboxylic acids is 1. The Hall–Kier alpha value is -2.82. The second-order valence-electron chi connectivity index (χ2n) is 4.06. The lowest BCUT2D eigenvalue weighted by atomic mass is 10.2.